The van der Waals surface area contributed by atoms with E-state index in [0.717, 1.165) is 67.2 Å². The van der Waals surface area contributed by atoms with E-state index in [9.17, 15) is 18.0 Å². The highest BCUT2D eigenvalue weighted by Gasteiger charge is 2.32. The molecule has 1 saturated heterocycles. The van der Waals surface area contributed by atoms with Crippen molar-refractivity contribution in [2.45, 2.75) is 38.1 Å². The van der Waals surface area contributed by atoms with Crippen LogP contribution in [0.3, 0.4) is 0 Å². The highest BCUT2D eigenvalue weighted by Crippen LogP contribution is 2.33. The monoisotopic (exact) mass is 511 g/mol. The molecule has 194 valence electrons. The van der Waals surface area contributed by atoms with Gasteiger partial charge in [0.1, 0.15) is 0 Å². The summed E-state index contributed by atoms with van der Waals surface area (Å²) < 4.78 is 50.3. The maximum Gasteiger partial charge on any atom is 0.416 e. The summed E-state index contributed by atoms with van der Waals surface area (Å²) >= 11 is 0. The second-order valence-electron chi connectivity index (χ2n) is 9.32. The molecule has 0 unspecified atom stereocenters. The number of alkyl halides is 3. The van der Waals surface area contributed by atoms with Crippen LogP contribution in [-0.2, 0) is 19.3 Å². The summed E-state index contributed by atoms with van der Waals surface area (Å²) in [5.41, 5.74) is 1.42. The molecule has 3 aromatic rings. The van der Waals surface area contributed by atoms with Gasteiger partial charge in [0.2, 0.25) is 6.79 Å². The zero-order valence-corrected chi connectivity index (χ0v) is 20.2. The number of hydrogen-bond acceptors (Lipinski definition) is 4. The van der Waals surface area contributed by atoms with Gasteiger partial charge in [-0.2, -0.15) is 13.2 Å². The first-order chi connectivity index (χ1) is 17.8. The quantitative estimate of drug-likeness (QED) is 0.433. The Bertz CT molecular complexity index is 1230. The van der Waals surface area contributed by atoms with E-state index in [-0.39, 0.29) is 18.5 Å². The zero-order valence-electron chi connectivity index (χ0n) is 20.2. The number of rotatable bonds is 6. The second-order valence-corrected chi connectivity index (χ2v) is 9.32. The molecule has 0 radical (unpaired) electrons. The minimum Gasteiger partial charge on any atom is -0.454 e. The number of carbonyl (C=O) groups excluding carboxylic acids is 1. The van der Waals surface area contributed by atoms with Crippen molar-refractivity contribution in [1.82, 2.24) is 9.80 Å². The average molecular weight is 512 g/mol. The molecule has 5 rings (SSSR count). The van der Waals surface area contributed by atoms with Crippen molar-refractivity contribution in [3.63, 3.8) is 0 Å². The summed E-state index contributed by atoms with van der Waals surface area (Å²) in [5.74, 6) is 1.51. The molecule has 2 heterocycles. The number of nitrogens with zero attached hydrogens (tertiary/aromatic N) is 2. The van der Waals surface area contributed by atoms with E-state index in [0.29, 0.717) is 6.54 Å². The summed E-state index contributed by atoms with van der Waals surface area (Å²) in [7, 11) is 0. The molecule has 6 nitrogen and oxygen atoms in total. The number of likely N-dealkylation sites (tertiary alicyclic amines) is 1. The fourth-order valence-electron chi connectivity index (χ4n) is 4.80. The SMILES string of the molecule is O=C(Nc1cccc(C(F)(F)F)c1)N(Cc1ccccc1)C1CCN(Cc2ccc3c(c2)OCO3)CC1. The topological polar surface area (TPSA) is 54.0 Å². The third-order valence-corrected chi connectivity index (χ3v) is 6.74. The van der Waals surface area contributed by atoms with Crippen molar-refractivity contribution in [3.05, 3.63) is 89.5 Å². The van der Waals surface area contributed by atoms with Crippen LogP contribution >= 0.6 is 0 Å². The second kappa shape index (κ2) is 10.7. The number of amides is 2. The molecule has 0 spiro atoms. The molecule has 37 heavy (non-hydrogen) atoms. The third-order valence-electron chi connectivity index (χ3n) is 6.74. The molecule has 3 aromatic carbocycles. The number of urea groups is 1. The number of carbonyl (C=O) groups is 1. The van der Waals surface area contributed by atoms with Gasteiger partial charge in [-0.3, -0.25) is 4.90 Å². The Balaban J connectivity index is 1.26. The molecule has 1 fully saturated rings. The van der Waals surface area contributed by atoms with Crippen LogP contribution in [0.4, 0.5) is 23.7 Å². The summed E-state index contributed by atoms with van der Waals surface area (Å²) in [4.78, 5) is 17.4. The van der Waals surface area contributed by atoms with Gasteiger partial charge >= 0.3 is 12.2 Å². The summed E-state index contributed by atoms with van der Waals surface area (Å²) in [6.45, 7) is 2.96. The van der Waals surface area contributed by atoms with Gasteiger partial charge in [-0.05, 0) is 54.3 Å². The van der Waals surface area contributed by atoms with Gasteiger partial charge in [-0.15, -0.1) is 0 Å². The Kier molecular flexibility index (Phi) is 7.23. The van der Waals surface area contributed by atoms with Crippen LogP contribution in [0.2, 0.25) is 0 Å². The largest absolute Gasteiger partial charge is 0.454 e. The van der Waals surface area contributed by atoms with E-state index < -0.39 is 17.8 Å². The lowest BCUT2D eigenvalue weighted by Gasteiger charge is -2.38. The lowest BCUT2D eigenvalue weighted by molar-refractivity contribution is -0.137. The average Bonchev–Trinajstić information content (AvgIpc) is 3.36. The van der Waals surface area contributed by atoms with E-state index in [2.05, 4.69) is 10.2 Å². The Morgan fingerprint density at radius 3 is 2.43 bits per heavy atom. The third kappa shape index (κ3) is 6.17. The Hall–Kier alpha value is -3.72. The van der Waals surface area contributed by atoms with Crippen LogP contribution < -0.4 is 14.8 Å². The normalized spacial score (nSPS) is 16.0. The van der Waals surface area contributed by atoms with Crippen LogP contribution in [0.15, 0.2) is 72.8 Å². The zero-order chi connectivity index (χ0) is 25.8. The van der Waals surface area contributed by atoms with Crippen molar-refractivity contribution < 1.29 is 27.4 Å². The Morgan fingerprint density at radius 1 is 0.919 bits per heavy atom. The standard InChI is InChI=1S/C28H28F3N3O3/c29-28(30,31)22-7-4-8-23(16-22)32-27(35)34(18-20-5-2-1-3-6-20)24-11-13-33(14-12-24)17-21-9-10-25-26(15-21)37-19-36-25/h1-10,15-16,24H,11-14,17-19H2,(H,32,35). The highest BCUT2D eigenvalue weighted by atomic mass is 19.4. The molecule has 0 aliphatic carbocycles. The lowest BCUT2D eigenvalue weighted by atomic mass is 10.0. The molecule has 9 heteroatoms. The molecule has 0 saturated carbocycles. The number of benzene rings is 3. The van der Waals surface area contributed by atoms with Crippen LogP contribution in [0.25, 0.3) is 0 Å². The molecule has 2 aliphatic rings. The van der Waals surface area contributed by atoms with E-state index >= 15 is 0 Å². The summed E-state index contributed by atoms with van der Waals surface area (Å²) in [6.07, 6.45) is -2.96. The lowest BCUT2D eigenvalue weighted by Crippen LogP contribution is -2.48. The van der Waals surface area contributed by atoms with Crippen LogP contribution in [-0.4, -0.2) is 41.8 Å². The van der Waals surface area contributed by atoms with Crippen LogP contribution in [0.5, 0.6) is 11.5 Å². The van der Waals surface area contributed by atoms with E-state index in [1.807, 2.05) is 48.5 Å². The van der Waals surface area contributed by atoms with Gasteiger partial charge < -0.3 is 19.7 Å². The summed E-state index contributed by atoms with van der Waals surface area (Å²) in [6, 6.07) is 19.8. The minimum absolute atomic E-state index is 0.0426. The van der Waals surface area contributed by atoms with Crippen LogP contribution in [0.1, 0.15) is 29.5 Å². The number of hydrogen-bond donors (Lipinski definition) is 1. The van der Waals surface area contributed by atoms with Crippen molar-refractivity contribution in [1.29, 1.82) is 0 Å². The summed E-state index contributed by atoms with van der Waals surface area (Å²) in [5, 5.41) is 2.69. The molecular formula is C28H28F3N3O3. The number of nitrogens with one attached hydrogen (secondary N) is 1. The van der Waals surface area contributed by atoms with Gasteiger partial charge in [0.25, 0.3) is 0 Å². The van der Waals surface area contributed by atoms with Crippen molar-refractivity contribution >= 4 is 11.7 Å². The van der Waals surface area contributed by atoms with Gasteiger partial charge in [-0.1, -0.05) is 42.5 Å². The first-order valence-corrected chi connectivity index (χ1v) is 12.2. The van der Waals surface area contributed by atoms with Gasteiger partial charge in [0.15, 0.2) is 11.5 Å². The number of anilines is 1. The number of piperidine rings is 1. The Morgan fingerprint density at radius 2 is 1.68 bits per heavy atom. The van der Waals surface area contributed by atoms with E-state index in [1.165, 1.54) is 12.1 Å². The first kappa shape index (κ1) is 25.0. The minimum atomic E-state index is -4.48. The molecule has 1 N–H and O–H groups in total. The maximum atomic E-state index is 13.4. The van der Waals surface area contributed by atoms with E-state index in [1.54, 1.807) is 4.90 Å². The predicted molar refractivity (Wildman–Crippen MR) is 133 cm³/mol. The van der Waals surface area contributed by atoms with Crippen LogP contribution in [0, 0.1) is 0 Å². The predicted octanol–water partition coefficient (Wildman–Crippen LogP) is 6.13. The fraction of sp³-hybridized carbons (Fsp3) is 0.321. The molecule has 0 bridgehead atoms. The molecule has 0 atom stereocenters. The molecule has 0 aromatic heterocycles. The maximum absolute atomic E-state index is 13.4. The highest BCUT2D eigenvalue weighted by molar-refractivity contribution is 5.89. The van der Waals surface area contributed by atoms with E-state index in [4.69, 9.17) is 9.47 Å². The van der Waals surface area contributed by atoms with Crippen molar-refractivity contribution in [2.75, 3.05) is 25.2 Å². The van der Waals surface area contributed by atoms with Gasteiger partial charge in [0.05, 0.1) is 5.56 Å². The number of ether oxygens (including phenoxy) is 2. The van der Waals surface area contributed by atoms with Gasteiger partial charge in [0, 0.05) is 37.9 Å². The number of halogens is 3. The molecule has 2 aliphatic heterocycles. The van der Waals surface area contributed by atoms with Crippen molar-refractivity contribution in [2.24, 2.45) is 0 Å². The number of fused-ring (bicyclic) bond motifs is 1. The van der Waals surface area contributed by atoms with Crippen molar-refractivity contribution in [3.8, 4) is 11.5 Å². The van der Waals surface area contributed by atoms with Gasteiger partial charge in [-0.25, -0.2) is 4.79 Å². The smallest absolute Gasteiger partial charge is 0.416 e. The molecular weight excluding hydrogens is 483 g/mol. The fourth-order valence-corrected chi connectivity index (χ4v) is 4.80. The Labute approximate surface area is 213 Å². The first-order valence-electron chi connectivity index (χ1n) is 12.2. The molecule has 2 amide bonds.